The lowest BCUT2D eigenvalue weighted by molar-refractivity contribution is 0.412. The quantitative estimate of drug-likeness (QED) is 0.813. The number of para-hydroxylation sites is 1. The van der Waals surface area contributed by atoms with Gasteiger partial charge in [0, 0.05) is 17.3 Å². The molecule has 3 nitrogen and oxygen atoms in total. The molecule has 2 rings (SSSR count). The van der Waals surface area contributed by atoms with Crippen LogP contribution in [-0.4, -0.2) is 12.1 Å². The summed E-state index contributed by atoms with van der Waals surface area (Å²) < 4.78 is 6.20. The highest BCUT2D eigenvalue weighted by Gasteiger charge is 2.09. The number of nitrogens with one attached hydrogen (secondary N) is 1. The van der Waals surface area contributed by atoms with E-state index in [1.807, 2.05) is 43.3 Å². The Hall–Kier alpha value is -1.59. The minimum absolute atomic E-state index is 0.375. The van der Waals surface area contributed by atoms with Crippen molar-refractivity contribution in [2.45, 2.75) is 6.92 Å². The van der Waals surface area contributed by atoms with Gasteiger partial charge in [0.25, 0.3) is 0 Å². The Kier molecular flexibility index (Phi) is 4.62. The number of rotatable bonds is 4. The second kappa shape index (κ2) is 6.24. The number of halogens is 1. The maximum absolute atomic E-state index is 5.78. The monoisotopic (exact) mass is 350 g/mol. The highest BCUT2D eigenvalue weighted by atomic mass is 79.9. The fourth-order valence-corrected chi connectivity index (χ4v) is 2.50. The van der Waals surface area contributed by atoms with Crippen molar-refractivity contribution in [2.75, 3.05) is 12.4 Å². The first-order chi connectivity index (χ1) is 9.52. The average molecular weight is 351 g/mol. The van der Waals surface area contributed by atoms with Crippen molar-refractivity contribution >= 4 is 44.5 Å². The first kappa shape index (κ1) is 14.8. The van der Waals surface area contributed by atoms with E-state index in [9.17, 15) is 0 Å². The van der Waals surface area contributed by atoms with Crippen LogP contribution in [0.15, 0.2) is 40.9 Å². The van der Waals surface area contributed by atoms with Gasteiger partial charge in [-0.1, -0.05) is 24.4 Å². The van der Waals surface area contributed by atoms with E-state index in [1.165, 1.54) is 0 Å². The highest BCUT2D eigenvalue weighted by Crippen LogP contribution is 2.31. The summed E-state index contributed by atoms with van der Waals surface area (Å²) in [5, 5.41) is 3.36. The zero-order chi connectivity index (χ0) is 14.7. The first-order valence-corrected chi connectivity index (χ1v) is 7.23. The maximum atomic E-state index is 5.78. The summed E-state index contributed by atoms with van der Waals surface area (Å²) in [5.74, 6) is 0.764. The van der Waals surface area contributed by atoms with Crippen molar-refractivity contribution < 1.29 is 4.74 Å². The summed E-state index contributed by atoms with van der Waals surface area (Å²) in [5.41, 5.74) is 9.53. The summed E-state index contributed by atoms with van der Waals surface area (Å²) in [4.78, 5) is 0.375. The molecule has 0 unspecified atom stereocenters. The number of nitrogens with two attached hydrogens (primary N) is 1. The third-order valence-corrected chi connectivity index (χ3v) is 3.83. The van der Waals surface area contributed by atoms with E-state index >= 15 is 0 Å². The lowest BCUT2D eigenvalue weighted by atomic mass is 10.1. The van der Waals surface area contributed by atoms with Gasteiger partial charge in [0.05, 0.1) is 17.3 Å². The van der Waals surface area contributed by atoms with Crippen LogP contribution in [0.25, 0.3) is 0 Å². The molecule has 5 heteroatoms. The van der Waals surface area contributed by atoms with Crippen LogP contribution in [0, 0.1) is 6.92 Å². The zero-order valence-electron chi connectivity index (χ0n) is 11.2. The topological polar surface area (TPSA) is 47.3 Å². The van der Waals surface area contributed by atoms with Gasteiger partial charge in [-0.3, -0.25) is 0 Å². The molecule has 0 aromatic heterocycles. The fraction of sp³-hybridized carbons (Fsp3) is 0.133. The minimum atomic E-state index is 0.375. The first-order valence-electron chi connectivity index (χ1n) is 6.03. The van der Waals surface area contributed by atoms with Crippen molar-refractivity contribution in [3.8, 4) is 5.75 Å². The zero-order valence-corrected chi connectivity index (χ0v) is 13.6. The Labute approximate surface area is 132 Å². The smallest absolute Gasteiger partial charge is 0.135 e. The van der Waals surface area contributed by atoms with E-state index in [0.29, 0.717) is 4.99 Å². The molecule has 0 amide bonds. The van der Waals surface area contributed by atoms with E-state index in [1.54, 1.807) is 7.11 Å². The fourth-order valence-electron chi connectivity index (χ4n) is 1.92. The molecule has 0 saturated heterocycles. The van der Waals surface area contributed by atoms with E-state index < -0.39 is 0 Å². The van der Waals surface area contributed by atoms with Crippen molar-refractivity contribution in [3.63, 3.8) is 0 Å². The average Bonchev–Trinajstić information content (AvgIpc) is 2.42. The molecule has 0 spiro atoms. The Morgan fingerprint density at radius 2 is 2.05 bits per heavy atom. The molecule has 0 atom stereocenters. The van der Waals surface area contributed by atoms with Gasteiger partial charge >= 0.3 is 0 Å². The van der Waals surface area contributed by atoms with Gasteiger partial charge in [-0.2, -0.15) is 0 Å². The van der Waals surface area contributed by atoms with Gasteiger partial charge in [0.2, 0.25) is 0 Å². The van der Waals surface area contributed by atoms with Gasteiger partial charge in [-0.25, -0.2) is 0 Å². The SMILES string of the molecule is COc1cc(Nc2c(C)cccc2C(N)=S)ccc1Br. The van der Waals surface area contributed by atoms with Crippen LogP contribution in [0.3, 0.4) is 0 Å². The van der Waals surface area contributed by atoms with Crippen molar-refractivity contribution in [3.05, 3.63) is 52.0 Å². The van der Waals surface area contributed by atoms with Crippen LogP contribution < -0.4 is 15.8 Å². The Bertz CT molecular complexity index is 658. The van der Waals surface area contributed by atoms with E-state index in [-0.39, 0.29) is 0 Å². The number of hydrogen-bond donors (Lipinski definition) is 2. The lowest BCUT2D eigenvalue weighted by Crippen LogP contribution is -2.12. The second-order valence-electron chi connectivity index (χ2n) is 4.34. The number of ether oxygens (including phenoxy) is 1. The molecular weight excluding hydrogens is 336 g/mol. The van der Waals surface area contributed by atoms with Crippen molar-refractivity contribution in [1.82, 2.24) is 0 Å². The molecule has 104 valence electrons. The van der Waals surface area contributed by atoms with Gasteiger partial charge in [-0.15, -0.1) is 0 Å². The molecule has 0 radical (unpaired) electrons. The van der Waals surface area contributed by atoms with Crippen LogP contribution in [0.5, 0.6) is 5.75 Å². The summed E-state index contributed by atoms with van der Waals surface area (Å²) in [6.45, 7) is 2.01. The minimum Gasteiger partial charge on any atom is -0.495 e. The Morgan fingerprint density at radius 3 is 2.70 bits per heavy atom. The van der Waals surface area contributed by atoms with Gasteiger partial charge < -0.3 is 15.8 Å². The molecule has 0 aliphatic carbocycles. The largest absolute Gasteiger partial charge is 0.495 e. The summed E-state index contributed by atoms with van der Waals surface area (Å²) >= 11 is 8.54. The molecule has 20 heavy (non-hydrogen) atoms. The van der Waals surface area contributed by atoms with Crippen LogP contribution in [-0.2, 0) is 0 Å². The molecule has 0 bridgehead atoms. The molecule has 0 fully saturated rings. The Morgan fingerprint density at radius 1 is 1.30 bits per heavy atom. The molecule has 2 aromatic carbocycles. The second-order valence-corrected chi connectivity index (χ2v) is 5.63. The third-order valence-electron chi connectivity index (χ3n) is 2.96. The van der Waals surface area contributed by atoms with Gasteiger partial charge in [-0.05, 0) is 46.6 Å². The predicted molar refractivity (Wildman–Crippen MR) is 91.0 cm³/mol. The molecule has 0 saturated carbocycles. The number of methoxy groups -OCH3 is 1. The van der Waals surface area contributed by atoms with Crippen LogP contribution >= 0.6 is 28.1 Å². The maximum Gasteiger partial charge on any atom is 0.135 e. The summed E-state index contributed by atoms with van der Waals surface area (Å²) in [6, 6.07) is 11.7. The normalized spacial score (nSPS) is 10.2. The van der Waals surface area contributed by atoms with Crippen LogP contribution in [0.4, 0.5) is 11.4 Å². The van der Waals surface area contributed by atoms with E-state index in [2.05, 4.69) is 21.2 Å². The van der Waals surface area contributed by atoms with Gasteiger partial charge in [0.1, 0.15) is 10.7 Å². The number of benzene rings is 2. The van der Waals surface area contributed by atoms with E-state index in [0.717, 1.165) is 32.7 Å². The molecule has 2 aromatic rings. The highest BCUT2D eigenvalue weighted by molar-refractivity contribution is 9.10. The van der Waals surface area contributed by atoms with Crippen molar-refractivity contribution in [1.29, 1.82) is 0 Å². The number of aryl methyl sites for hydroxylation is 1. The molecule has 0 heterocycles. The molecule has 0 aliphatic heterocycles. The lowest BCUT2D eigenvalue weighted by Gasteiger charge is -2.15. The standard InChI is InChI=1S/C15H15BrN2OS/c1-9-4-3-5-11(15(17)20)14(9)18-10-6-7-12(16)13(8-10)19-2/h3-8,18H,1-2H3,(H2,17,20). The third kappa shape index (κ3) is 3.11. The molecule has 0 aliphatic rings. The summed E-state index contributed by atoms with van der Waals surface area (Å²) in [7, 11) is 1.64. The number of thiocarbonyl (C=S) groups is 1. The number of anilines is 2. The van der Waals surface area contributed by atoms with Crippen molar-refractivity contribution in [2.24, 2.45) is 5.73 Å². The number of hydrogen-bond acceptors (Lipinski definition) is 3. The van der Waals surface area contributed by atoms with E-state index in [4.69, 9.17) is 22.7 Å². The molecular formula is C15H15BrN2OS. The predicted octanol–water partition coefficient (Wildman–Crippen LogP) is 4.14. The molecule has 3 N–H and O–H groups in total. The van der Waals surface area contributed by atoms with Gasteiger partial charge in [0.15, 0.2) is 0 Å². The van der Waals surface area contributed by atoms with Crippen LogP contribution in [0.2, 0.25) is 0 Å². The summed E-state index contributed by atoms with van der Waals surface area (Å²) in [6.07, 6.45) is 0. The van der Waals surface area contributed by atoms with Crippen LogP contribution in [0.1, 0.15) is 11.1 Å². The Balaban J connectivity index is 2.42.